The number of piperazine rings is 1. The third-order valence-electron chi connectivity index (χ3n) is 3.61. The molecule has 0 radical (unpaired) electrons. The molecule has 3 aliphatic rings. The van der Waals surface area contributed by atoms with E-state index in [4.69, 9.17) is 4.74 Å². The van der Waals surface area contributed by atoms with Crippen molar-refractivity contribution in [2.45, 2.75) is 18.1 Å². The predicted octanol–water partition coefficient (Wildman–Crippen LogP) is -0.225. The van der Waals surface area contributed by atoms with Crippen molar-refractivity contribution in [2.75, 3.05) is 39.8 Å². The van der Waals surface area contributed by atoms with Gasteiger partial charge in [0.1, 0.15) is 0 Å². The molecule has 3 saturated heterocycles. The molecule has 0 aromatic heterocycles. The first kappa shape index (κ1) is 7.30. The van der Waals surface area contributed by atoms with Crippen molar-refractivity contribution in [1.82, 2.24) is 9.80 Å². The zero-order valence-electron chi connectivity index (χ0n) is 7.62. The average molecular weight is 168 g/mol. The molecule has 2 atom stereocenters. The zero-order valence-corrected chi connectivity index (χ0v) is 7.62. The molecule has 3 aliphatic heterocycles. The van der Waals surface area contributed by atoms with Crippen LogP contribution in [-0.2, 0) is 4.74 Å². The van der Waals surface area contributed by atoms with Gasteiger partial charge in [0.25, 0.3) is 0 Å². The van der Waals surface area contributed by atoms with Crippen LogP contribution in [0.1, 0.15) is 6.42 Å². The van der Waals surface area contributed by atoms with Crippen LogP contribution >= 0.6 is 0 Å². The second-order valence-electron chi connectivity index (χ2n) is 4.55. The summed E-state index contributed by atoms with van der Waals surface area (Å²) in [5.74, 6) is 0. The number of hydrogen-bond acceptors (Lipinski definition) is 3. The predicted molar refractivity (Wildman–Crippen MR) is 46.2 cm³/mol. The number of hydrogen-bond donors (Lipinski definition) is 0. The van der Waals surface area contributed by atoms with Crippen LogP contribution in [0.2, 0.25) is 0 Å². The molecule has 12 heavy (non-hydrogen) atoms. The monoisotopic (exact) mass is 168 g/mol. The van der Waals surface area contributed by atoms with E-state index in [1.54, 1.807) is 0 Å². The van der Waals surface area contributed by atoms with E-state index in [2.05, 4.69) is 16.8 Å². The second kappa shape index (κ2) is 2.22. The van der Waals surface area contributed by atoms with Crippen LogP contribution in [0.3, 0.4) is 0 Å². The fourth-order valence-corrected chi connectivity index (χ4v) is 3.00. The van der Waals surface area contributed by atoms with Crippen LogP contribution in [0.4, 0.5) is 0 Å². The maximum Gasteiger partial charge on any atom is 0.0722 e. The third-order valence-corrected chi connectivity index (χ3v) is 3.61. The lowest BCUT2D eigenvalue weighted by atomic mass is 9.96. The molecule has 0 aromatic rings. The molecule has 3 fully saturated rings. The van der Waals surface area contributed by atoms with Gasteiger partial charge in [-0.3, -0.25) is 4.90 Å². The van der Waals surface area contributed by atoms with Crippen molar-refractivity contribution < 1.29 is 4.74 Å². The lowest BCUT2D eigenvalue weighted by Gasteiger charge is -2.45. The lowest BCUT2D eigenvalue weighted by molar-refractivity contribution is -0.0442. The van der Waals surface area contributed by atoms with Gasteiger partial charge in [0, 0.05) is 26.2 Å². The van der Waals surface area contributed by atoms with Crippen molar-refractivity contribution >= 4 is 0 Å². The van der Waals surface area contributed by atoms with Crippen LogP contribution < -0.4 is 0 Å². The third kappa shape index (κ3) is 0.817. The molecular formula is C9H16N2O. The number of ether oxygens (including phenoxy) is 1. The Morgan fingerprint density at radius 2 is 2.33 bits per heavy atom. The minimum absolute atomic E-state index is 0.414. The van der Waals surface area contributed by atoms with Gasteiger partial charge in [-0.15, -0.1) is 0 Å². The minimum Gasteiger partial charge on any atom is -0.375 e. The molecule has 3 nitrogen and oxygen atoms in total. The lowest BCUT2D eigenvalue weighted by Crippen LogP contribution is -2.60. The van der Waals surface area contributed by atoms with Gasteiger partial charge in [0.05, 0.1) is 18.2 Å². The van der Waals surface area contributed by atoms with E-state index >= 15 is 0 Å². The SMILES string of the molecule is CN1CCN2CC3CC2(CO3)C1. The molecule has 0 aromatic carbocycles. The first-order chi connectivity index (χ1) is 5.78. The van der Waals surface area contributed by atoms with Crippen LogP contribution in [0.5, 0.6) is 0 Å². The van der Waals surface area contributed by atoms with Crippen LogP contribution in [0.25, 0.3) is 0 Å². The second-order valence-corrected chi connectivity index (χ2v) is 4.55. The van der Waals surface area contributed by atoms with Gasteiger partial charge in [-0.2, -0.15) is 0 Å². The Kier molecular flexibility index (Phi) is 1.35. The highest BCUT2D eigenvalue weighted by Crippen LogP contribution is 2.39. The Balaban J connectivity index is 1.88. The molecule has 1 spiro atoms. The average Bonchev–Trinajstić information content (AvgIpc) is 2.57. The van der Waals surface area contributed by atoms with Gasteiger partial charge in [-0.05, 0) is 13.5 Å². The number of morpholine rings is 1. The summed E-state index contributed by atoms with van der Waals surface area (Å²) in [4.78, 5) is 5.08. The fraction of sp³-hybridized carbons (Fsp3) is 1.00. The zero-order chi connectivity index (χ0) is 8.18. The molecule has 68 valence electrons. The Bertz CT molecular complexity index is 209. The molecule has 3 heteroatoms. The molecule has 0 amide bonds. The summed E-state index contributed by atoms with van der Waals surface area (Å²) in [6.07, 6.45) is 1.83. The van der Waals surface area contributed by atoms with Gasteiger partial charge in [0.15, 0.2) is 0 Å². The first-order valence-electron chi connectivity index (χ1n) is 4.84. The fourth-order valence-electron chi connectivity index (χ4n) is 3.00. The van der Waals surface area contributed by atoms with E-state index in [-0.39, 0.29) is 0 Å². The van der Waals surface area contributed by atoms with E-state index in [9.17, 15) is 0 Å². The minimum atomic E-state index is 0.414. The Labute approximate surface area is 73.3 Å². The van der Waals surface area contributed by atoms with E-state index in [0.29, 0.717) is 11.6 Å². The van der Waals surface area contributed by atoms with E-state index in [0.717, 1.165) is 6.61 Å². The first-order valence-corrected chi connectivity index (χ1v) is 4.84. The van der Waals surface area contributed by atoms with Gasteiger partial charge in [-0.25, -0.2) is 0 Å². The summed E-state index contributed by atoms with van der Waals surface area (Å²) in [7, 11) is 2.22. The summed E-state index contributed by atoms with van der Waals surface area (Å²) >= 11 is 0. The summed E-state index contributed by atoms with van der Waals surface area (Å²) in [5.41, 5.74) is 0.414. The van der Waals surface area contributed by atoms with Crippen molar-refractivity contribution in [3.05, 3.63) is 0 Å². The summed E-state index contributed by atoms with van der Waals surface area (Å²) in [6.45, 7) is 5.85. The van der Waals surface area contributed by atoms with Crippen molar-refractivity contribution in [2.24, 2.45) is 0 Å². The van der Waals surface area contributed by atoms with E-state index in [1.807, 2.05) is 0 Å². The molecule has 3 rings (SSSR count). The van der Waals surface area contributed by atoms with Crippen molar-refractivity contribution in [1.29, 1.82) is 0 Å². The number of fused-ring (bicyclic) bond motifs is 1. The van der Waals surface area contributed by atoms with Crippen LogP contribution in [0, 0.1) is 0 Å². The molecule has 2 bridgehead atoms. The van der Waals surface area contributed by atoms with Crippen LogP contribution in [-0.4, -0.2) is 61.3 Å². The van der Waals surface area contributed by atoms with E-state index in [1.165, 1.54) is 32.6 Å². The summed E-state index contributed by atoms with van der Waals surface area (Å²) in [5, 5.41) is 0. The van der Waals surface area contributed by atoms with E-state index < -0.39 is 0 Å². The summed E-state index contributed by atoms with van der Waals surface area (Å²) < 4.78 is 5.69. The smallest absolute Gasteiger partial charge is 0.0722 e. The number of likely N-dealkylation sites (N-methyl/N-ethyl adjacent to an activating group) is 1. The van der Waals surface area contributed by atoms with Gasteiger partial charge in [-0.1, -0.05) is 0 Å². The highest BCUT2D eigenvalue weighted by atomic mass is 16.5. The standard InChI is InChI=1S/C9H16N2O/c1-10-2-3-11-5-8-4-9(11,6-10)7-12-8/h8H,2-7H2,1H3. The van der Waals surface area contributed by atoms with Gasteiger partial charge in [0.2, 0.25) is 0 Å². The molecule has 2 unspecified atom stereocenters. The van der Waals surface area contributed by atoms with Gasteiger partial charge >= 0.3 is 0 Å². The molecular weight excluding hydrogens is 152 g/mol. The number of rotatable bonds is 0. The largest absolute Gasteiger partial charge is 0.375 e. The van der Waals surface area contributed by atoms with Gasteiger partial charge < -0.3 is 9.64 Å². The summed E-state index contributed by atoms with van der Waals surface area (Å²) in [6, 6.07) is 0. The Morgan fingerprint density at radius 1 is 1.42 bits per heavy atom. The molecule has 3 heterocycles. The highest BCUT2D eigenvalue weighted by Gasteiger charge is 2.53. The quantitative estimate of drug-likeness (QED) is 0.497. The molecule has 0 aliphatic carbocycles. The van der Waals surface area contributed by atoms with Crippen molar-refractivity contribution in [3.63, 3.8) is 0 Å². The molecule has 0 N–H and O–H groups in total. The number of nitrogens with zero attached hydrogens (tertiary/aromatic N) is 2. The molecule has 0 saturated carbocycles. The van der Waals surface area contributed by atoms with Crippen LogP contribution in [0.15, 0.2) is 0 Å². The topological polar surface area (TPSA) is 15.7 Å². The highest BCUT2D eigenvalue weighted by molar-refractivity contribution is 5.08. The van der Waals surface area contributed by atoms with Crippen molar-refractivity contribution in [3.8, 4) is 0 Å². The maximum atomic E-state index is 5.69. The Hall–Kier alpha value is -0.120. The maximum absolute atomic E-state index is 5.69. The Morgan fingerprint density at radius 3 is 3.17 bits per heavy atom. The normalized spacial score (nSPS) is 48.2.